The number of carbonyl (C=O) groups excluding carboxylic acids is 1. The first-order valence-corrected chi connectivity index (χ1v) is 8.96. The second-order valence-corrected chi connectivity index (χ2v) is 6.57. The third-order valence-electron chi connectivity index (χ3n) is 4.79. The molecule has 0 unspecified atom stereocenters. The molecule has 8 heteroatoms. The maximum Gasteiger partial charge on any atom is 0.291 e. The maximum absolute atomic E-state index is 12.6. The van der Waals surface area contributed by atoms with Gasteiger partial charge in [-0.15, -0.1) is 5.10 Å². The third-order valence-corrected chi connectivity index (χ3v) is 4.79. The van der Waals surface area contributed by atoms with E-state index in [4.69, 9.17) is 4.42 Å². The molecule has 0 bridgehead atoms. The molecular weight excluding hydrogens is 332 g/mol. The number of rotatable bonds is 5. The van der Waals surface area contributed by atoms with Gasteiger partial charge >= 0.3 is 0 Å². The molecule has 8 nitrogen and oxygen atoms in total. The van der Waals surface area contributed by atoms with Gasteiger partial charge in [-0.25, -0.2) is 9.50 Å². The van der Waals surface area contributed by atoms with Crippen LogP contribution in [0.5, 0.6) is 0 Å². The molecule has 4 heterocycles. The number of carbonyl (C=O) groups is 1. The molecule has 3 aromatic rings. The Bertz CT molecular complexity index is 882. The molecule has 1 amide bonds. The van der Waals surface area contributed by atoms with E-state index in [9.17, 15) is 4.79 Å². The predicted molar refractivity (Wildman–Crippen MR) is 94.7 cm³/mol. The number of aromatic nitrogens is 4. The molecule has 1 N–H and O–H groups in total. The van der Waals surface area contributed by atoms with Gasteiger partial charge in [-0.3, -0.25) is 9.69 Å². The lowest BCUT2D eigenvalue weighted by Crippen LogP contribution is -2.40. The van der Waals surface area contributed by atoms with Gasteiger partial charge in [0.25, 0.3) is 11.7 Å². The Hall–Kier alpha value is -2.74. The van der Waals surface area contributed by atoms with Crippen molar-refractivity contribution < 1.29 is 9.21 Å². The van der Waals surface area contributed by atoms with Crippen LogP contribution in [0.4, 0.5) is 0 Å². The number of amides is 1. The summed E-state index contributed by atoms with van der Waals surface area (Å²) >= 11 is 0. The van der Waals surface area contributed by atoms with Crippen molar-refractivity contribution >= 4 is 11.7 Å². The van der Waals surface area contributed by atoms with Crippen molar-refractivity contribution in [1.82, 2.24) is 29.8 Å². The van der Waals surface area contributed by atoms with Crippen molar-refractivity contribution in [3.63, 3.8) is 0 Å². The Morgan fingerprint density at radius 2 is 2.15 bits per heavy atom. The number of hydrogen-bond acceptors (Lipinski definition) is 6. The standard InChI is InChI=1S/C18H22N6O2/c1-13-7-8-19-18-21-16(22-24(13)18)17(25)20-12-14(15-6-5-11-26-15)23-9-3-2-4-10-23/h5-8,11,14H,2-4,9-10,12H2,1H3,(H,20,25)/t14-/m0/s1. The lowest BCUT2D eigenvalue weighted by Gasteiger charge is -2.33. The minimum atomic E-state index is -0.302. The molecule has 3 aromatic heterocycles. The quantitative estimate of drug-likeness (QED) is 0.754. The van der Waals surface area contributed by atoms with Gasteiger partial charge in [-0.1, -0.05) is 6.42 Å². The Morgan fingerprint density at radius 3 is 2.88 bits per heavy atom. The highest BCUT2D eigenvalue weighted by Gasteiger charge is 2.25. The zero-order valence-corrected chi connectivity index (χ0v) is 14.8. The molecule has 0 radical (unpaired) electrons. The van der Waals surface area contributed by atoms with E-state index in [2.05, 4.69) is 25.3 Å². The molecule has 0 spiro atoms. The SMILES string of the molecule is Cc1ccnc2nc(C(=O)NC[C@@H](c3ccco3)N3CCCCC3)nn12. The van der Waals surface area contributed by atoms with Crippen molar-refractivity contribution in [3.8, 4) is 0 Å². The number of piperidine rings is 1. The van der Waals surface area contributed by atoms with Crippen molar-refractivity contribution in [1.29, 1.82) is 0 Å². The first kappa shape index (κ1) is 16.7. The predicted octanol–water partition coefficient (Wildman–Crippen LogP) is 1.98. The second kappa shape index (κ2) is 7.25. The first-order chi connectivity index (χ1) is 12.7. The van der Waals surface area contributed by atoms with E-state index in [1.54, 1.807) is 17.0 Å². The summed E-state index contributed by atoms with van der Waals surface area (Å²) in [6.45, 7) is 4.37. The lowest BCUT2D eigenvalue weighted by molar-refractivity contribution is 0.0904. The van der Waals surface area contributed by atoms with Gasteiger partial charge in [-0.2, -0.15) is 4.98 Å². The zero-order chi connectivity index (χ0) is 17.9. The molecule has 26 heavy (non-hydrogen) atoms. The second-order valence-electron chi connectivity index (χ2n) is 6.57. The van der Waals surface area contributed by atoms with Crippen molar-refractivity contribution in [2.24, 2.45) is 0 Å². The van der Waals surface area contributed by atoms with Gasteiger partial charge in [0, 0.05) is 18.4 Å². The first-order valence-electron chi connectivity index (χ1n) is 8.96. The van der Waals surface area contributed by atoms with Crippen LogP contribution >= 0.6 is 0 Å². The van der Waals surface area contributed by atoms with E-state index < -0.39 is 0 Å². The monoisotopic (exact) mass is 354 g/mol. The van der Waals surface area contributed by atoms with Crippen LogP contribution < -0.4 is 5.32 Å². The van der Waals surface area contributed by atoms with Gasteiger partial charge in [0.1, 0.15) is 5.76 Å². The van der Waals surface area contributed by atoms with Crippen LogP contribution in [0.15, 0.2) is 35.1 Å². The van der Waals surface area contributed by atoms with Crippen LogP contribution in [0.25, 0.3) is 5.78 Å². The Morgan fingerprint density at radius 1 is 1.31 bits per heavy atom. The van der Waals surface area contributed by atoms with Crippen LogP contribution in [0.2, 0.25) is 0 Å². The number of nitrogens with one attached hydrogen (secondary N) is 1. The van der Waals surface area contributed by atoms with Crippen LogP contribution in [0.3, 0.4) is 0 Å². The molecule has 0 aliphatic carbocycles. The summed E-state index contributed by atoms with van der Waals surface area (Å²) in [5.41, 5.74) is 0.878. The summed E-state index contributed by atoms with van der Waals surface area (Å²) < 4.78 is 7.19. The topological polar surface area (TPSA) is 88.6 Å². The molecule has 136 valence electrons. The van der Waals surface area contributed by atoms with E-state index in [0.29, 0.717) is 12.3 Å². The molecule has 0 aromatic carbocycles. The van der Waals surface area contributed by atoms with Gasteiger partial charge in [0.2, 0.25) is 5.82 Å². The number of nitrogens with zero attached hydrogens (tertiary/aromatic N) is 5. The minimum absolute atomic E-state index is 0.0196. The number of likely N-dealkylation sites (tertiary alicyclic amines) is 1. The average molecular weight is 354 g/mol. The summed E-state index contributed by atoms with van der Waals surface area (Å²) in [6.07, 6.45) is 6.93. The van der Waals surface area contributed by atoms with Crippen molar-refractivity contribution in [2.75, 3.05) is 19.6 Å². The Balaban J connectivity index is 1.49. The fourth-order valence-corrected chi connectivity index (χ4v) is 3.39. The Kier molecular flexibility index (Phi) is 4.66. The smallest absolute Gasteiger partial charge is 0.291 e. The number of furan rings is 1. The average Bonchev–Trinajstić information content (AvgIpc) is 3.33. The summed E-state index contributed by atoms with van der Waals surface area (Å²) in [6, 6.07) is 5.69. The minimum Gasteiger partial charge on any atom is -0.468 e. The van der Waals surface area contributed by atoms with E-state index in [1.165, 1.54) is 19.3 Å². The van der Waals surface area contributed by atoms with Gasteiger partial charge in [0.05, 0.1) is 12.3 Å². The third kappa shape index (κ3) is 3.32. The number of hydrogen-bond donors (Lipinski definition) is 1. The molecule has 0 saturated carbocycles. The normalized spacial score (nSPS) is 16.7. The zero-order valence-electron chi connectivity index (χ0n) is 14.8. The highest BCUT2D eigenvalue weighted by Crippen LogP contribution is 2.24. The van der Waals surface area contributed by atoms with Crippen LogP contribution in [-0.2, 0) is 0 Å². The van der Waals surface area contributed by atoms with E-state index in [-0.39, 0.29) is 17.8 Å². The molecule has 4 rings (SSSR count). The number of aryl methyl sites for hydroxylation is 1. The summed E-state index contributed by atoms with van der Waals surface area (Å²) in [7, 11) is 0. The molecule has 1 fully saturated rings. The lowest BCUT2D eigenvalue weighted by atomic mass is 10.1. The van der Waals surface area contributed by atoms with E-state index in [1.807, 2.05) is 25.1 Å². The molecule has 1 aliphatic rings. The fourth-order valence-electron chi connectivity index (χ4n) is 3.39. The molecule has 1 saturated heterocycles. The largest absolute Gasteiger partial charge is 0.468 e. The molecule has 1 aliphatic heterocycles. The van der Waals surface area contributed by atoms with Gasteiger partial charge in [-0.05, 0) is 51.1 Å². The van der Waals surface area contributed by atoms with Crippen LogP contribution in [0, 0.1) is 6.92 Å². The molecular formula is C18H22N6O2. The van der Waals surface area contributed by atoms with Crippen LogP contribution in [-0.4, -0.2) is 50.0 Å². The summed E-state index contributed by atoms with van der Waals surface area (Å²) in [5.74, 6) is 1.12. The summed E-state index contributed by atoms with van der Waals surface area (Å²) in [5, 5.41) is 7.22. The van der Waals surface area contributed by atoms with Crippen LogP contribution in [0.1, 0.15) is 47.4 Å². The van der Waals surface area contributed by atoms with E-state index in [0.717, 1.165) is 24.5 Å². The molecule has 1 atom stereocenters. The van der Waals surface area contributed by atoms with Gasteiger partial charge < -0.3 is 9.73 Å². The maximum atomic E-state index is 12.6. The summed E-state index contributed by atoms with van der Waals surface area (Å²) in [4.78, 5) is 23.3. The number of fused-ring (bicyclic) bond motifs is 1. The van der Waals surface area contributed by atoms with Crippen molar-refractivity contribution in [3.05, 3.63) is 47.9 Å². The highest BCUT2D eigenvalue weighted by atomic mass is 16.3. The van der Waals surface area contributed by atoms with Gasteiger partial charge in [0.15, 0.2) is 0 Å². The van der Waals surface area contributed by atoms with E-state index >= 15 is 0 Å². The fraction of sp³-hybridized carbons (Fsp3) is 0.444. The highest BCUT2D eigenvalue weighted by molar-refractivity contribution is 5.90. The Labute approximate surface area is 151 Å². The van der Waals surface area contributed by atoms with Crippen molar-refractivity contribution in [2.45, 2.75) is 32.2 Å².